The topological polar surface area (TPSA) is 0 Å². The summed E-state index contributed by atoms with van der Waals surface area (Å²) < 4.78 is 0. The first-order chi connectivity index (χ1) is 9.74. The van der Waals surface area contributed by atoms with Gasteiger partial charge in [-0.3, -0.25) is 0 Å². The first-order valence-corrected chi connectivity index (χ1v) is 9.97. The maximum atomic E-state index is 2.57. The predicted molar refractivity (Wildman–Crippen MR) is 91.9 cm³/mol. The van der Waals surface area contributed by atoms with Gasteiger partial charge in [-0.25, -0.2) is 0 Å². The van der Waals surface area contributed by atoms with Gasteiger partial charge >= 0.3 is 0 Å². The van der Waals surface area contributed by atoms with E-state index in [-0.39, 0.29) is 9.52 Å². The van der Waals surface area contributed by atoms with Gasteiger partial charge < -0.3 is 0 Å². The van der Waals surface area contributed by atoms with Crippen molar-refractivity contribution in [2.75, 3.05) is 0 Å². The van der Waals surface area contributed by atoms with Crippen LogP contribution in [0.4, 0.5) is 0 Å². The molecule has 0 aliphatic heterocycles. The summed E-state index contributed by atoms with van der Waals surface area (Å²) in [5.74, 6) is 1.81. The molecular weight excluding hydrogens is 256 g/mol. The van der Waals surface area contributed by atoms with Crippen molar-refractivity contribution in [3.05, 3.63) is 48.1 Å². The Bertz CT molecular complexity index is 468. The molecule has 0 heterocycles. The Balaban J connectivity index is 1.81. The average Bonchev–Trinajstić information content (AvgIpc) is 2.77. The molecule has 0 spiro atoms. The first-order valence-electron chi connectivity index (χ1n) is 8.45. The Kier molecular flexibility index (Phi) is 4.16. The van der Waals surface area contributed by atoms with E-state index in [0.29, 0.717) is 5.04 Å². The van der Waals surface area contributed by atoms with E-state index in [2.05, 4.69) is 56.4 Å². The molecule has 1 heteroatoms. The Hall–Kier alpha value is -0.823. The molecule has 1 saturated carbocycles. The molecule has 0 bridgehead atoms. The normalized spacial score (nSPS) is 39.5. The lowest BCUT2D eigenvalue weighted by atomic mass is 9.94. The molecule has 4 unspecified atom stereocenters. The van der Waals surface area contributed by atoms with Gasteiger partial charge in [0.1, 0.15) is 0 Å². The van der Waals surface area contributed by atoms with Gasteiger partial charge in [-0.2, -0.15) is 0 Å². The number of allylic oxidation sites excluding steroid dienone is 8. The van der Waals surface area contributed by atoms with Gasteiger partial charge in [0, 0.05) is 9.52 Å². The fourth-order valence-corrected chi connectivity index (χ4v) is 8.04. The van der Waals surface area contributed by atoms with Crippen LogP contribution in [-0.2, 0) is 0 Å². The molecular formula is C19H28Si. The lowest BCUT2D eigenvalue weighted by Gasteiger charge is -2.35. The summed E-state index contributed by atoms with van der Waals surface area (Å²) in [6.45, 7) is 4.87. The van der Waals surface area contributed by atoms with Crippen LogP contribution >= 0.6 is 0 Å². The Labute approximate surface area is 126 Å². The molecule has 0 aromatic carbocycles. The second kappa shape index (κ2) is 5.89. The predicted octanol–water partition coefficient (Wildman–Crippen LogP) is 4.96. The van der Waals surface area contributed by atoms with E-state index >= 15 is 0 Å². The van der Waals surface area contributed by atoms with Crippen molar-refractivity contribution in [3.63, 3.8) is 0 Å². The van der Waals surface area contributed by atoms with Gasteiger partial charge in [0.15, 0.2) is 0 Å². The molecule has 3 aliphatic rings. The van der Waals surface area contributed by atoms with E-state index in [9.17, 15) is 0 Å². The molecule has 0 amide bonds. The third kappa shape index (κ3) is 2.65. The zero-order valence-electron chi connectivity index (χ0n) is 13.0. The van der Waals surface area contributed by atoms with Crippen LogP contribution in [0.5, 0.6) is 0 Å². The molecule has 4 atom stereocenters. The van der Waals surface area contributed by atoms with Gasteiger partial charge in [0.25, 0.3) is 0 Å². The minimum Gasteiger partial charge on any atom is -0.0840 e. The number of hydrogen-bond acceptors (Lipinski definition) is 0. The Morgan fingerprint density at radius 2 is 2.15 bits per heavy atom. The highest BCUT2D eigenvalue weighted by Crippen LogP contribution is 2.53. The fraction of sp³-hybridized carbons (Fsp3) is 0.579. The zero-order chi connectivity index (χ0) is 14.0. The SMILES string of the molecule is CCCC1([SiH2]C2C3=CC=CCC3CC2C)C=CC=CC1. The molecule has 0 aromatic rings. The standard InChI is InChI=1S/C19H28Si/c1-3-11-19(12-7-4-8-13-19)20-18-15(2)14-16-9-5-6-10-17(16)18/h4-8,10,12,15-16,18H,3,9,11,13-14,20H2,1-2H3. The maximum absolute atomic E-state index is 2.57. The van der Waals surface area contributed by atoms with Gasteiger partial charge in [0.2, 0.25) is 0 Å². The zero-order valence-corrected chi connectivity index (χ0v) is 14.4. The molecule has 3 rings (SSSR count). The van der Waals surface area contributed by atoms with Crippen molar-refractivity contribution in [3.8, 4) is 0 Å². The van der Waals surface area contributed by atoms with E-state index in [0.717, 1.165) is 17.4 Å². The lowest BCUT2D eigenvalue weighted by molar-refractivity contribution is 0.528. The van der Waals surface area contributed by atoms with Crippen molar-refractivity contribution in [1.29, 1.82) is 0 Å². The van der Waals surface area contributed by atoms with Crippen molar-refractivity contribution < 1.29 is 0 Å². The quantitative estimate of drug-likeness (QED) is 0.640. The molecule has 0 saturated heterocycles. The van der Waals surface area contributed by atoms with Crippen LogP contribution in [-0.4, -0.2) is 9.52 Å². The largest absolute Gasteiger partial charge is 0.0840 e. The summed E-state index contributed by atoms with van der Waals surface area (Å²) in [6.07, 6.45) is 23.5. The number of fused-ring (bicyclic) bond motifs is 1. The van der Waals surface area contributed by atoms with Crippen LogP contribution in [0.2, 0.25) is 10.6 Å². The van der Waals surface area contributed by atoms with E-state index in [1.807, 2.05) is 5.57 Å². The van der Waals surface area contributed by atoms with Gasteiger partial charge in [-0.05, 0) is 48.1 Å². The Morgan fingerprint density at radius 1 is 1.25 bits per heavy atom. The van der Waals surface area contributed by atoms with Crippen LogP contribution in [0.25, 0.3) is 0 Å². The molecule has 0 nitrogen and oxygen atoms in total. The summed E-state index contributed by atoms with van der Waals surface area (Å²) >= 11 is 0. The van der Waals surface area contributed by atoms with Gasteiger partial charge in [-0.1, -0.05) is 68.4 Å². The summed E-state index contributed by atoms with van der Waals surface area (Å²) in [6, 6.07) is 0. The molecule has 20 heavy (non-hydrogen) atoms. The van der Waals surface area contributed by atoms with Gasteiger partial charge in [-0.15, -0.1) is 0 Å². The lowest BCUT2D eigenvalue weighted by Crippen LogP contribution is -2.25. The fourth-order valence-electron chi connectivity index (χ4n) is 4.70. The second-order valence-electron chi connectivity index (χ2n) is 7.15. The van der Waals surface area contributed by atoms with Gasteiger partial charge in [0.05, 0.1) is 0 Å². The first kappa shape index (κ1) is 14.1. The van der Waals surface area contributed by atoms with E-state index in [4.69, 9.17) is 0 Å². The second-order valence-corrected chi connectivity index (χ2v) is 9.85. The maximum Gasteiger partial charge on any atom is 0.0407 e. The highest BCUT2D eigenvalue weighted by molar-refractivity contribution is 6.44. The molecule has 3 aliphatic carbocycles. The minimum atomic E-state index is -0.129. The van der Waals surface area contributed by atoms with Crippen LogP contribution in [0.3, 0.4) is 0 Å². The van der Waals surface area contributed by atoms with Crippen LogP contribution in [0.15, 0.2) is 48.1 Å². The van der Waals surface area contributed by atoms with Crippen molar-refractivity contribution in [2.45, 2.75) is 56.5 Å². The molecule has 0 aromatic heterocycles. The molecule has 1 fully saturated rings. The third-order valence-electron chi connectivity index (χ3n) is 5.68. The number of hydrogen-bond donors (Lipinski definition) is 0. The molecule has 0 radical (unpaired) electrons. The highest BCUT2D eigenvalue weighted by atomic mass is 28.2. The van der Waals surface area contributed by atoms with E-state index in [1.165, 1.54) is 32.1 Å². The highest BCUT2D eigenvalue weighted by Gasteiger charge is 2.40. The summed E-state index contributed by atoms with van der Waals surface area (Å²) in [7, 11) is -0.129. The van der Waals surface area contributed by atoms with Crippen molar-refractivity contribution in [2.24, 2.45) is 11.8 Å². The molecule has 108 valence electrons. The monoisotopic (exact) mass is 284 g/mol. The van der Waals surface area contributed by atoms with Crippen molar-refractivity contribution >= 4 is 9.52 Å². The number of rotatable bonds is 4. The van der Waals surface area contributed by atoms with Crippen LogP contribution < -0.4 is 0 Å². The van der Waals surface area contributed by atoms with Crippen LogP contribution in [0, 0.1) is 11.8 Å². The smallest absolute Gasteiger partial charge is 0.0407 e. The summed E-state index contributed by atoms with van der Waals surface area (Å²) in [4.78, 5) is 0. The summed E-state index contributed by atoms with van der Waals surface area (Å²) in [5.41, 5.74) is 2.78. The average molecular weight is 285 g/mol. The Morgan fingerprint density at radius 3 is 2.90 bits per heavy atom. The molecule has 0 N–H and O–H groups in total. The minimum absolute atomic E-state index is 0.129. The van der Waals surface area contributed by atoms with Crippen molar-refractivity contribution in [1.82, 2.24) is 0 Å². The van der Waals surface area contributed by atoms with E-state index < -0.39 is 0 Å². The third-order valence-corrected chi connectivity index (χ3v) is 9.09. The summed E-state index contributed by atoms with van der Waals surface area (Å²) in [5, 5.41) is 0.569. The van der Waals surface area contributed by atoms with Crippen LogP contribution in [0.1, 0.15) is 46.0 Å². The van der Waals surface area contributed by atoms with E-state index in [1.54, 1.807) is 0 Å².